The molecule has 2 nitrogen and oxygen atoms in total. The average molecular weight is 191 g/mol. The first kappa shape index (κ1) is 8.26. The summed E-state index contributed by atoms with van der Waals surface area (Å²) in [4.78, 5) is 4.22. The predicted octanol–water partition coefficient (Wildman–Crippen LogP) is 2.82. The van der Waals surface area contributed by atoms with Crippen LogP contribution in [0.3, 0.4) is 0 Å². The molecule has 0 aliphatic heterocycles. The number of hydrogen-bond acceptors (Lipinski definition) is 3. The molecule has 0 spiro atoms. The van der Waals surface area contributed by atoms with Gasteiger partial charge in [-0.05, 0) is 24.3 Å². The molecule has 0 aliphatic carbocycles. The Labute approximate surface area is 80.8 Å². The van der Waals surface area contributed by atoms with Gasteiger partial charge in [0, 0.05) is 10.9 Å². The first-order valence-electron chi connectivity index (χ1n) is 3.93. The third kappa shape index (κ3) is 1.70. The van der Waals surface area contributed by atoms with Crippen molar-refractivity contribution in [1.82, 2.24) is 4.98 Å². The molecule has 13 heavy (non-hydrogen) atoms. The summed E-state index contributed by atoms with van der Waals surface area (Å²) in [6.45, 7) is 0. The van der Waals surface area contributed by atoms with E-state index < -0.39 is 0 Å². The van der Waals surface area contributed by atoms with Crippen LogP contribution in [0, 0.1) is 0 Å². The van der Waals surface area contributed by atoms with E-state index in [4.69, 9.17) is 4.74 Å². The van der Waals surface area contributed by atoms with E-state index in [0.29, 0.717) is 0 Å². The number of benzene rings is 1. The molecule has 0 atom stereocenters. The second kappa shape index (κ2) is 3.58. The van der Waals surface area contributed by atoms with Gasteiger partial charge >= 0.3 is 0 Å². The van der Waals surface area contributed by atoms with E-state index in [1.165, 1.54) is 0 Å². The van der Waals surface area contributed by atoms with Crippen molar-refractivity contribution < 1.29 is 4.74 Å². The lowest BCUT2D eigenvalue weighted by molar-refractivity contribution is 0.415. The van der Waals surface area contributed by atoms with E-state index in [-0.39, 0.29) is 0 Å². The van der Waals surface area contributed by atoms with Gasteiger partial charge in [-0.25, -0.2) is 4.98 Å². The Hall–Kier alpha value is -1.35. The van der Waals surface area contributed by atoms with Crippen LogP contribution in [0.25, 0.3) is 11.3 Å². The van der Waals surface area contributed by atoms with Gasteiger partial charge in [-0.2, -0.15) is 0 Å². The molecule has 1 heterocycles. The van der Waals surface area contributed by atoms with E-state index in [9.17, 15) is 0 Å². The highest BCUT2D eigenvalue weighted by molar-refractivity contribution is 7.07. The molecule has 3 heteroatoms. The highest BCUT2D eigenvalue weighted by Crippen LogP contribution is 2.21. The maximum atomic E-state index is 5.07. The largest absolute Gasteiger partial charge is 0.497 e. The number of ether oxygens (including phenoxy) is 1. The van der Waals surface area contributed by atoms with Crippen LogP contribution in [0.5, 0.6) is 5.75 Å². The van der Waals surface area contributed by atoms with Gasteiger partial charge in [-0.1, -0.05) is 0 Å². The zero-order chi connectivity index (χ0) is 9.10. The molecule has 0 saturated carbocycles. The van der Waals surface area contributed by atoms with E-state index in [1.54, 1.807) is 18.4 Å². The minimum absolute atomic E-state index is 0.874. The predicted molar refractivity (Wildman–Crippen MR) is 54.1 cm³/mol. The van der Waals surface area contributed by atoms with Crippen LogP contribution < -0.4 is 4.74 Å². The van der Waals surface area contributed by atoms with E-state index in [2.05, 4.69) is 4.98 Å². The van der Waals surface area contributed by atoms with E-state index in [1.807, 2.05) is 35.2 Å². The molecule has 1 aromatic heterocycles. The van der Waals surface area contributed by atoms with Gasteiger partial charge in [0.25, 0.3) is 0 Å². The summed E-state index contributed by atoms with van der Waals surface area (Å²) in [5, 5.41) is 2.03. The molecule has 0 radical (unpaired) electrons. The third-order valence-electron chi connectivity index (χ3n) is 1.82. The third-order valence-corrected chi connectivity index (χ3v) is 2.40. The van der Waals surface area contributed by atoms with Gasteiger partial charge in [0.1, 0.15) is 5.75 Å². The maximum absolute atomic E-state index is 5.07. The minimum Gasteiger partial charge on any atom is -0.497 e. The molecule has 0 unspecified atom stereocenters. The van der Waals surface area contributed by atoms with Gasteiger partial charge < -0.3 is 4.74 Å². The standard InChI is InChI=1S/C10H9NOS/c1-12-9-4-2-8(3-5-9)10-6-13-7-11-10/h2-7H,1H3. The van der Waals surface area contributed by atoms with Crippen LogP contribution in [0.15, 0.2) is 35.2 Å². The molecular formula is C10H9NOS. The van der Waals surface area contributed by atoms with Gasteiger partial charge in [-0.3, -0.25) is 0 Å². The van der Waals surface area contributed by atoms with Crippen molar-refractivity contribution in [2.24, 2.45) is 0 Å². The van der Waals surface area contributed by atoms with Crippen molar-refractivity contribution in [2.45, 2.75) is 0 Å². The van der Waals surface area contributed by atoms with Crippen molar-refractivity contribution in [3.05, 3.63) is 35.2 Å². The highest BCUT2D eigenvalue weighted by Gasteiger charge is 1.98. The topological polar surface area (TPSA) is 22.1 Å². The zero-order valence-corrected chi connectivity index (χ0v) is 8.04. The summed E-state index contributed by atoms with van der Waals surface area (Å²) in [6, 6.07) is 7.89. The fraction of sp³-hybridized carbons (Fsp3) is 0.100. The van der Waals surface area contributed by atoms with Gasteiger partial charge in [0.05, 0.1) is 18.3 Å². The van der Waals surface area contributed by atoms with Crippen molar-refractivity contribution in [1.29, 1.82) is 0 Å². The molecule has 0 aliphatic rings. The highest BCUT2D eigenvalue weighted by atomic mass is 32.1. The first-order valence-corrected chi connectivity index (χ1v) is 4.87. The molecule has 0 N–H and O–H groups in total. The monoisotopic (exact) mass is 191 g/mol. The molecule has 2 rings (SSSR count). The van der Waals surface area contributed by atoms with E-state index in [0.717, 1.165) is 17.0 Å². The van der Waals surface area contributed by atoms with Crippen LogP contribution in [0.2, 0.25) is 0 Å². The van der Waals surface area contributed by atoms with Crippen LogP contribution in [0.4, 0.5) is 0 Å². The molecule has 2 aromatic rings. The van der Waals surface area contributed by atoms with E-state index >= 15 is 0 Å². The van der Waals surface area contributed by atoms with Crippen LogP contribution >= 0.6 is 11.3 Å². The summed E-state index contributed by atoms with van der Waals surface area (Å²) >= 11 is 1.60. The first-order chi connectivity index (χ1) is 6.40. The van der Waals surface area contributed by atoms with Gasteiger partial charge in [0.2, 0.25) is 0 Å². The van der Waals surface area contributed by atoms with Crippen LogP contribution in [-0.2, 0) is 0 Å². The summed E-state index contributed by atoms with van der Waals surface area (Å²) < 4.78 is 5.07. The number of aromatic nitrogens is 1. The quantitative estimate of drug-likeness (QED) is 0.728. The zero-order valence-electron chi connectivity index (χ0n) is 7.23. The number of thiazole rings is 1. The Kier molecular flexibility index (Phi) is 2.27. The molecule has 66 valence electrons. The summed E-state index contributed by atoms with van der Waals surface area (Å²) in [7, 11) is 1.66. The van der Waals surface area contributed by atoms with Gasteiger partial charge in [-0.15, -0.1) is 11.3 Å². The van der Waals surface area contributed by atoms with Gasteiger partial charge in [0.15, 0.2) is 0 Å². The fourth-order valence-electron chi connectivity index (χ4n) is 1.12. The number of hydrogen-bond donors (Lipinski definition) is 0. The molecule has 0 amide bonds. The smallest absolute Gasteiger partial charge is 0.118 e. The summed E-state index contributed by atoms with van der Waals surface area (Å²) in [5.41, 5.74) is 3.98. The van der Waals surface area contributed by atoms with Crippen molar-refractivity contribution in [2.75, 3.05) is 7.11 Å². The SMILES string of the molecule is COc1ccc(-c2cscn2)cc1. The molecule has 0 bridgehead atoms. The number of rotatable bonds is 2. The normalized spacial score (nSPS) is 9.92. The van der Waals surface area contributed by atoms with Crippen molar-refractivity contribution in [3.63, 3.8) is 0 Å². The molecular weight excluding hydrogens is 182 g/mol. The molecule has 0 fully saturated rings. The van der Waals surface area contributed by atoms with Crippen LogP contribution in [-0.4, -0.2) is 12.1 Å². The second-order valence-electron chi connectivity index (χ2n) is 2.60. The lowest BCUT2D eigenvalue weighted by Crippen LogP contribution is -1.82. The van der Waals surface area contributed by atoms with Crippen molar-refractivity contribution >= 4 is 11.3 Å². The Morgan fingerprint density at radius 3 is 2.54 bits per heavy atom. The Morgan fingerprint density at radius 2 is 2.00 bits per heavy atom. The minimum atomic E-state index is 0.874. The van der Waals surface area contributed by atoms with Crippen molar-refractivity contribution in [3.8, 4) is 17.0 Å². The number of nitrogens with zero attached hydrogens (tertiary/aromatic N) is 1. The Morgan fingerprint density at radius 1 is 1.23 bits per heavy atom. The van der Waals surface area contributed by atoms with Crippen LogP contribution in [0.1, 0.15) is 0 Å². The summed E-state index contributed by atoms with van der Waals surface area (Å²) in [5.74, 6) is 0.874. The second-order valence-corrected chi connectivity index (χ2v) is 3.32. The molecule has 1 aromatic carbocycles. The lowest BCUT2D eigenvalue weighted by atomic mass is 10.2. The Balaban J connectivity index is 2.33. The maximum Gasteiger partial charge on any atom is 0.118 e. The number of methoxy groups -OCH3 is 1. The average Bonchev–Trinajstić information content (AvgIpc) is 2.71. The lowest BCUT2D eigenvalue weighted by Gasteiger charge is -1.99. The summed E-state index contributed by atoms with van der Waals surface area (Å²) in [6.07, 6.45) is 0. The molecule has 0 saturated heterocycles. The fourth-order valence-corrected chi connectivity index (χ4v) is 1.68. The Bertz CT molecular complexity index is 366.